The third kappa shape index (κ3) is 3.76. The van der Waals surface area contributed by atoms with E-state index < -0.39 is 0 Å². The van der Waals surface area contributed by atoms with Crippen molar-refractivity contribution in [3.63, 3.8) is 0 Å². The third-order valence-corrected chi connectivity index (χ3v) is 5.06. The van der Waals surface area contributed by atoms with Gasteiger partial charge in [0.25, 0.3) is 0 Å². The molecular weight excluding hydrogens is 346 g/mol. The number of rotatable bonds is 6. The van der Waals surface area contributed by atoms with E-state index in [1.54, 1.807) is 19.0 Å². The number of nitrogens with one attached hydrogen (secondary N) is 2. The van der Waals surface area contributed by atoms with Crippen LogP contribution in [0.1, 0.15) is 24.0 Å². The Labute approximate surface area is 159 Å². The number of likely N-dealkylation sites (N-methyl/N-ethyl adjacent to an activating group) is 1. The zero-order chi connectivity index (χ0) is 18.7. The summed E-state index contributed by atoms with van der Waals surface area (Å²) in [7, 11) is 3.54. The quantitative estimate of drug-likeness (QED) is 0.689. The van der Waals surface area contributed by atoms with Crippen LogP contribution in [0.4, 0.5) is 0 Å². The van der Waals surface area contributed by atoms with Crippen LogP contribution in [0.5, 0.6) is 0 Å². The maximum Gasteiger partial charge on any atom is 0.238 e. The number of fused-ring (bicyclic) bond motifs is 1. The lowest BCUT2D eigenvalue weighted by atomic mass is 9.90. The lowest BCUT2D eigenvalue weighted by molar-refractivity contribution is -0.130. The molecular formula is C21H24ClN3O. The first-order valence-electron chi connectivity index (χ1n) is 8.74. The molecule has 0 aliphatic rings. The SMILES string of the molecule is C[C@H](NC[C@H](c1ccccc1Cl)c1c[nH]c2ccccc12)C(=O)N(C)C. The molecule has 136 valence electrons. The second kappa shape index (κ2) is 7.94. The molecule has 3 aromatic rings. The summed E-state index contributed by atoms with van der Waals surface area (Å²) in [5.74, 6) is 0.0964. The Morgan fingerprint density at radius 2 is 1.81 bits per heavy atom. The highest BCUT2D eigenvalue weighted by Crippen LogP contribution is 2.34. The van der Waals surface area contributed by atoms with Gasteiger partial charge >= 0.3 is 0 Å². The van der Waals surface area contributed by atoms with Gasteiger partial charge in [-0.15, -0.1) is 0 Å². The number of hydrogen-bond acceptors (Lipinski definition) is 2. The monoisotopic (exact) mass is 369 g/mol. The number of benzene rings is 2. The van der Waals surface area contributed by atoms with Crippen LogP contribution in [-0.2, 0) is 4.79 Å². The van der Waals surface area contributed by atoms with Crippen LogP contribution >= 0.6 is 11.6 Å². The van der Waals surface area contributed by atoms with Crippen molar-refractivity contribution in [2.24, 2.45) is 0 Å². The Kier molecular flexibility index (Phi) is 5.64. The summed E-state index contributed by atoms with van der Waals surface area (Å²) in [4.78, 5) is 17.1. The summed E-state index contributed by atoms with van der Waals surface area (Å²) in [6.07, 6.45) is 2.04. The number of aromatic amines is 1. The molecule has 0 unspecified atom stereocenters. The highest BCUT2D eigenvalue weighted by molar-refractivity contribution is 6.31. The van der Waals surface area contributed by atoms with Crippen LogP contribution in [0.2, 0.25) is 5.02 Å². The predicted octanol–water partition coefficient (Wildman–Crippen LogP) is 4.02. The molecule has 2 atom stereocenters. The number of H-pyrrole nitrogens is 1. The molecule has 2 aromatic carbocycles. The topological polar surface area (TPSA) is 48.1 Å². The molecule has 1 amide bonds. The summed E-state index contributed by atoms with van der Waals surface area (Å²) in [5, 5.41) is 5.28. The van der Waals surface area contributed by atoms with Crippen molar-refractivity contribution >= 4 is 28.4 Å². The smallest absolute Gasteiger partial charge is 0.238 e. The summed E-state index contributed by atoms with van der Waals surface area (Å²) in [5.41, 5.74) is 3.32. The van der Waals surface area contributed by atoms with Gasteiger partial charge in [-0.3, -0.25) is 4.79 Å². The van der Waals surface area contributed by atoms with Gasteiger partial charge in [-0.25, -0.2) is 0 Å². The molecule has 0 bridgehead atoms. The number of amides is 1. The molecule has 0 aliphatic heterocycles. The first-order valence-corrected chi connectivity index (χ1v) is 9.12. The molecule has 3 rings (SSSR count). The zero-order valence-corrected chi connectivity index (χ0v) is 16.0. The van der Waals surface area contributed by atoms with Gasteiger partial charge in [0.1, 0.15) is 0 Å². The molecule has 2 N–H and O–H groups in total. The van der Waals surface area contributed by atoms with Gasteiger partial charge in [0, 0.05) is 48.7 Å². The number of carbonyl (C=O) groups excluding carboxylic acids is 1. The minimum Gasteiger partial charge on any atom is -0.361 e. The number of para-hydroxylation sites is 1. The molecule has 5 heteroatoms. The number of carbonyl (C=O) groups is 1. The van der Waals surface area contributed by atoms with Gasteiger partial charge < -0.3 is 15.2 Å². The van der Waals surface area contributed by atoms with Crippen LogP contribution in [0.3, 0.4) is 0 Å². The van der Waals surface area contributed by atoms with Crippen molar-refractivity contribution in [3.8, 4) is 0 Å². The van der Waals surface area contributed by atoms with Crippen LogP contribution in [-0.4, -0.2) is 42.5 Å². The largest absolute Gasteiger partial charge is 0.361 e. The third-order valence-electron chi connectivity index (χ3n) is 4.72. The normalized spacial score (nSPS) is 13.5. The Morgan fingerprint density at radius 1 is 1.12 bits per heavy atom. The molecule has 0 aliphatic carbocycles. The average molecular weight is 370 g/mol. The molecule has 0 radical (unpaired) electrons. The Bertz CT molecular complexity index is 903. The number of nitrogens with zero attached hydrogens (tertiary/aromatic N) is 1. The van der Waals surface area contributed by atoms with E-state index in [1.165, 1.54) is 10.9 Å². The Balaban J connectivity index is 1.95. The van der Waals surface area contributed by atoms with Gasteiger partial charge in [-0.2, -0.15) is 0 Å². The second-order valence-corrected chi connectivity index (χ2v) is 7.13. The standard InChI is InChI=1S/C21H24ClN3O/c1-14(21(26)25(2)3)23-12-17(15-8-4-6-10-19(15)22)18-13-24-20-11-7-5-9-16(18)20/h4-11,13-14,17,23-24H,12H2,1-3H3/t14-,17+/m0/s1. The van der Waals surface area contributed by atoms with Gasteiger partial charge in [-0.05, 0) is 30.2 Å². The minimum absolute atomic E-state index is 0.0391. The van der Waals surface area contributed by atoms with Gasteiger partial charge in [0.05, 0.1) is 6.04 Å². The number of aromatic nitrogens is 1. The van der Waals surface area contributed by atoms with E-state index in [9.17, 15) is 4.79 Å². The highest BCUT2D eigenvalue weighted by atomic mass is 35.5. The summed E-state index contributed by atoms with van der Waals surface area (Å²) < 4.78 is 0. The fourth-order valence-corrected chi connectivity index (χ4v) is 3.56. The molecule has 1 aromatic heterocycles. The summed E-state index contributed by atoms with van der Waals surface area (Å²) >= 11 is 6.50. The minimum atomic E-state index is -0.264. The first-order chi connectivity index (χ1) is 12.5. The lowest BCUT2D eigenvalue weighted by Gasteiger charge is -2.23. The summed E-state index contributed by atoms with van der Waals surface area (Å²) in [6, 6.07) is 15.9. The van der Waals surface area contributed by atoms with Gasteiger partial charge in [-0.1, -0.05) is 48.0 Å². The Hall–Kier alpha value is -2.30. The van der Waals surface area contributed by atoms with E-state index in [0.29, 0.717) is 6.54 Å². The van der Waals surface area contributed by atoms with Crippen molar-refractivity contribution in [1.29, 1.82) is 0 Å². The fourth-order valence-electron chi connectivity index (χ4n) is 3.30. The van der Waals surface area contributed by atoms with Crippen molar-refractivity contribution in [1.82, 2.24) is 15.2 Å². The lowest BCUT2D eigenvalue weighted by Crippen LogP contribution is -2.43. The van der Waals surface area contributed by atoms with Gasteiger partial charge in [0.15, 0.2) is 0 Å². The summed E-state index contributed by atoms with van der Waals surface area (Å²) in [6.45, 7) is 2.51. The number of hydrogen-bond donors (Lipinski definition) is 2. The fraction of sp³-hybridized carbons (Fsp3) is 0.286. The first kappa shape index (κ1) is 18.5. The van der Waals surface area contributed by atoms with Gasteiger partial charge in [0.2, 0.25) is 5.91 Å². The average Bonchev–Trinajstić information content (AvgIpc) is 3.06. The predicted molar refractivity (Wildman–Crippen MR) is 108 cm³/mol. The van der Waals surface area contributed by atoms with Crippen molar-refractivity contribution < 1.29 is 4.79 Å². The van der Waals surface area contributed by atoms with E-state index in [1.807, 2.05) is 43.5 Å². The maximum absolute atomic E-state index is 12.2. The second-order valence-electron chi connectivity index (χ2n) is 6.73. The zero-order valence-electron chi connectivity index (χ0n) is 15.3. The number of halogens is 1. The maximum atomic E-state index is 12.2. The van der Waals surface area contributed by atoms with Crippen LogP contribution in [0, 0.1) is 0 Å². The van der Waals surface area contributed by atoms with E-state index in [-0.39, 0.29) is 17.9 Å². The van der Waals surface area contributed by atoms with Crippen molar-refractivity contribution in [3.05, 3.63) is 70.9 Å². The van der Waals surface area contributed by atoms with E-state index in [2.05, 4.69) is 28.5 Å². The highest BCUT2D eigenvalue weighted by Gasteiger charge is 2.22. The molecule has 1 heterocycles. The van der Waals surface area contributed by atoms with Crippen LogP contribution in [0.15, 0.2) is 54.7 Å². The van der Waals surface area contributed by atoms with Crippen LogP contribution in [0.25, 0.3) is 10.9 Å². The van der Waals surface area contributed by atoms with E-state index >= 15 is 0 Å². The molecule has 26 heavy (non-hydrogen) atoms. The van der Waals surface area contributed by atoms with Crippen molar-refractivity contribution in [2.75, 3.05) is 20.6 Å². The molecule has 0 saturated carbocycles. The van der Waals surface area contributed by atoms with E-state index in [0.717, 1.165) is 16.1 Å². The van der Waals surface area contributed by atoms with Crippen molar-refractivity contribution in [2.45, 2.75) is 18.9 Å². The van der Waals surface area contributed by atoms with E-state index in [4.69, 9.17) is 11.6 Å². The molecule has 0 saturated heterocycles. The molecule has 0 fully saturated rings. The molecule has 4 nitrogen and oxygen atoms in total. The molecule has 0 spiro atoms. The Morgan fingerprint density at radius 3 is 2.54 bits per heavy atom. The van der Waals surface area contributed by atoms with Crippen LogP contribution < -0.4 is 5.32 Å².